The molecular weight excluding hydrogens is 396 g/mol. The molecule has 8 nitrogen and oxygen atoms in total. The number of anilines is 2. The zero-order chi connectivity index (χ0) is 22.1. The third-order valence-electron chi connectivity index (χ3n) is 5.84. The van der Waals surface area contributed by atoms with Gasteiger partial charge in [-0.25, -0.2) is 9.78 Å². The molecule has 8 heteroatoms. The molecule has 0 unspecified atom stereocenters. The lowest BCUT2D eigenvalue weighted by Crippen LogP contribution is -2.24. The molecule has 2 N–H and O–H groups in total. The highest BCUT2D eigenvalue weighted by atomic mass is 16.6. The summed E-state index contributed by atoms with van der Waals surface area (Å²) in [5, 5.41) is 2.91. The van der Waals surface area contributed by atoms with E-state index in [9.17, 15) is 4.79 Å². The minimum absolute atomic E-state index is 0.189. The normalized spacial score (nSPS) is 14.7. The number of amides is 1. The summed E-state index contributed by atoms with van der Waals surface area (Å²) in [4.78, 5) is 23.0. The van der Waals surface area contributed by atoms with E-state index in [-0.39, 0.29) is 6.61 Å². The van der Waals surface area contributed by atoms with Crippen molar-refractivity contribution in [2.45, 2.75) is 51.9 Å². The molecule has 0 aliphatic heterocycles. The Kier molecular flexibility index (Phi) is 8.97. The number of hydrogen-bond donors (Lipinski definition) is 2. The van der Waals surface area contributed by atoms with Crippen LogP contribution in [0, 0.1) is 0 Å². The van der Waals surface area contributed by atoms with Gasteiger partial charge >= 0.3 is 6.09 Å². The molecule has 0 spiro atoms. The molecule has 1 heterocycles. The van der Waals surface area contributed by atoms with Crippen molar-refractivity contribution >= 4 is 28.5 Å². The monoisotopic (exact) mass is 432 g/mol. The minimum Gasteiger partial charge on any atom is -0.447 e. The highest BCUT2D eigenvalue weighted by Gasteiger charge is 2.21. The number of aromatic nitrogens is 2. The van der Waals surface area contributed by atoms with Crippen molar-refractivity contribution in [1.29, 1.82) is 0 Å². The van der Waals surface area contributed by atoms with Gasteiger partial charge in [-0.15, -0.1) is 0 Å². The Balaban J connectivity index is 1.74. The van der Waals surface area contributed by atoms with Crippen LogP contribution in [0.25, 0.3) is 11.0 Å². The molecule has 0 saturated heterocycles. The van der Waals surface area contributed by atoms with Crippen molar-refractivity contribution in [3.63, 3.8) is 0 Å². The summed E-state index contributed by atoms with van der Waals surface area (Å²) >= 11 is 0. The van der Waals surface area contributed by atoms with Crippen LogP contribution in [0.4, 0.5) is 16.2 Å². The molecule has 172 valence electrons. The maximum atomic E-state index is 12.4. The summed E-state index contributed by atoms with van der Waals surface area (Å²) in [5.41, 5.74) is 3.55. The fourth-order valence-corrected chi connectivity index (χ4v) is 4.14. The first-order valence-electron chi connectivity index (χ1n) is 11.4. The summed E-state index contributed by atoms with van der Waals surface area (Å²) < 4.78 is 15.5. The number of rotatable bonds is 11. The Morgan fingerprint density at radius 1 is 1.13 bits per heavy atom. The quantitative estimate of drug-likeness (QED) is 0.502. The number of nitrogens with one attached hydrogen (secondary N) is 2. The van der Waals surface area contributed by atoms with Crippen LogP contribution in [0.2, 0.25) is 0 Å². The van der Waals surface area contributed by atoms with Gasteiger partial charge in [0.1, 0.15) is 12.4 Å². The van der Waals surface area contributed by atoms with Crippen LogP contribution >= 0.6 is 0 Å². The highest BCUT2D eigenvalue weighted by Crippen LogP contribution is 2.35. The maximum Gasteiger partial charge on any atom is 0.411 e. The molecule has 1 aliphatic carbocycles. The van der Waals surface area contributed by atoms with E-state index in [1.807, 2.05) is 6.07 Å². The number of fused-ring (bicyclic) bond motifs is 1. The average molecular weight is 433 g/mol. The van der Waals surface area contributed by atoms with Crippen molar-refractivity contribution in [2.24, 2.45) is 0 Å². The molecule has 1 aromatic carbocycles. The van der Waals surface area contributed by atoms with E-state index in [0.717, 1.165) is 41.3 Å². The second-order valence-corrected chi connectivity index (χ2v) is 7.88. The number of H-pyrrole nitrogens is 1. The van der Waals surface area contributed by atoms with Crippen molar-refractivity contribution in [3.05, 3.63) is 18.0 Å². The zero-order valence-corrected chi connectivity index (χ0v) is 19.0. The molecule has 0 bridgehead atoms. The molecule has 1 amide bonds. The summed E-state index contributed by atoms with van der Waals surface area (Å²) in [5.74, 6) is 1.56. The Morgan fingerprint density at radius 3 is 2.58 bits per heavy atom. The standard InChI is InChI=1S/C23H36N4O4/c1-4-27(5-2)21-16-19-18(24-22(25-19)17-9-7-6-8-10-17)15-20(21)26-23(28)31-14-13-30-12-11-29-3/h15-17H,4-14H2,1-3H3,(H,24,25)(H,26,28). The first kappa shape index (κ1) is 23.3. The molecule has 3 rings (SSSR count). The summed E-state index contributed by atoms with van der Waals surface area (Å²) in [6, 6.07) is 4.04. The van der Waals surface area contributed by atoms with Crippen LogP contribution in [0.1, 0.15) is 57.7 Å². The second-order valence-electron chi connectivity index (χ2n) is 7.88. The molecule has 2 aromatic rings. The van der Waals surface area contributed by atoms with Crippen LogP contribution in [-0.2, 0) is 14.2 Å². The van der Waals surface area contributed by atoms with Gasteiger partial charge < -0.3 is 24.1 Å². The molecular formula is C23H36N4O4. The van der Waals surface area contributed by atoms with Gasteiger partial charge in [0.25, 0.3) is 0 Å². The van der Waals surface area contributed by atoms with Crippen molar-refractivity contribution < 1.29 is 19.0 Å². The first-order chi connectivity index (χ1) is 15.2. The largest absolute Gasteiger partial charge is 0.447 e. The third-order valence-corrected chi connectivity index (χ3v) is 5.84. The number of nitrogens with zero attached hydrogens (tertiary/aromatic N) is 2. The van der Waals surface area contributed by atoms with Gasteiger partial charge in [-0.2, -0.15) is 0 Å². The van der Waals surface area contributed by atoms with E-state index in [1.165, 1.54) is 32.1 Å². The van der Waals surface area contributed by atoms with Crippen LogP contribution < -0.4 is 10.2 Å². The van der Waals surface area contributed by atoms with E-state index in [2.05, 4.69) is 35.1 Å². The van der Waals surface area contributed by atoms with Gasteiger partial charge in [-0.1, -0.05) is 19.3 Å². The number of ether oxygens (including phenoxy) is 3. The summed E-state index contributed by atoms with van der Waals surface area (Å²) in [6.45, 7) is 7.40. The predicted molar refractivity (Wildman–Crippen MR) is 123 cm³/mol. The topological polar surface area (TPSA) is 88.7 Å². The molecule has 1 saturated carbocycles. The Morgan fingerprint density at radius 2 is 1.87 bits per heavy atom. The number of hydrogen-bond acceptors (Lipinski definition) is 6. The molecule has 1 aromatic heterocycles. The third kappa shape index (κ3) is 6.33. The lowest BCUT2D eigenvalue weighted by molar-refractivity contribution is 0.0447. The SMILES string of the molecule is CCN(CC)c1cc2nc(C3CCCCC3)[nH]c2cc1NC(=O)OCCOCCOC. The summed E-state index contributed by atoms with van der Waals surface area (Å²) in [7, 11) is 1.62. The first-order valence-corrected chi connectivity index (χ1v) is 11.4. The van der Waals surface area contributed by atoms with Crippen LogP contribution in [0.3, 0.4) is 0 Å². The number of imidazole rings is 1. The van der Waals surface area contributed by atoms with Crippen molar-refractivity contribution in [2.75, 3.05) is 56.8 Å². The maximum absolute atomic E-state index is 12.4. The fraction of sp³-hybridized carbons (Fsp3) is 0.652. The Labute approximate surface area is 184 Å². The number of aromatic amines is 1. The second kappa shape index (κ2) is 11.9. The van der Waals surface area contributed by atoms with Gasteiger partial charge in [0, 0.05) is 26.1 Å². The van der Waals surface area contributed by atoms with E-state index in [0.29, 0.717) is 25.7 Å². The van der Waals surface area contributed by atoms with Gasteiger partial charge in [0.15, 0.2) is 0 Å². The van der Waals surface area contributed by atoms with Gasteiger partial charge in [0.2, 0.25) is 0 Å². The Bertz CT molecular complexity index is 828. The molecule has 1 fully saturated rings. The van der Waals surface area contributed by atoms with E-state index in [4.69, 9.17) is 19.2 Å². The molecule has 1 aliphatic rings. The van der Waals surface area contributed by atoms with Crippen LogP contribution in [0.5, 0.6) is 0 Å². The number of carbonyl (C=O) groups excluding carboxylic acids is 1. The average Bonchev–Trinajstić information content (AvgIpc) is 3.20. The lowest BCUT2D eigenvalue weighted by atomic mass is 9.89. The highest BCUT2D eigenvalue weighted by molar-refractivity contribution is 5.95. The van der Waals surface area contributed by atoms with Gasteiger partial charge in [0.05, 0.1) is 42.2 Å². The number of carbonyl (C=O) groups is 1. The van der Waals surface area contributed by atoms with E-state index >= 15 is 0 Å². The fourth-order valence-electron chi connectivity index (χ4n) is 4.14. The smallest absolute Gasteiger partial charge is 0.411 e. The summed E-state index contributed by atoms with van der Waals surface area (Å²) in [6.07, 6.45) is 5.73. The van der Waals surface area contributed by atoms with Crippen molar-refractivity contribution in [3.8, 4) is 0 Å². The lowest BCUT2D eigenvalue weighted by Gasteiger charge is -2.24. The number of benzene rings is 1. The zero-order valence-electron chi connectivity index (χ0n) is 19.0. The van der Waals surface area contributed by atoms with E-state index < -0.39 is 6.09 Å². The van der Waals surface area contributed by atoms with Crippen LogP contribution in [0.15, 0.2) is 12.1 Å². The van der Waals surface area contributed by atoms with Gasteiger partial charge in [-0.3, -0.25) is 5.32 Å². The van der Waals surface area contributed by atoms with Gasteiger partial charge in [-0.05, 0) is 38.8 Å². The van der Waals surface area contributed by atoms with Crippen molar-refractivity contribution in [1.82, 2.24) is 9.97 Å². The predicted octanol–water partition coefficient (Wildman–Crippen LogP) is 4.67. The minimum atomic E-state index is -0.491. The molecule has 31 heavy (non-hydrogen) atoms. The number of methoxy groups -OCH3 is 1. The van der Waals surface area contributed by atoms with Crippen LogP contribution in [-0.4, -0.2) is 62.7 Å². The van der Waals surface area contributed by atoms with E-state index in [1.54, 1.807) is 7.11 Å². The Hall–Kier alpha value is -2.32. The molecule has 0 atom stereocenters. The molecule has 0 radical (unpaired) electrons.